The third-order valence-corrected chi connectivity index (χ3v) is 8.77. The molecule has 1 saturated heterocycles. The average Bonchev–Trinajstić information content (AvgIpc) is 3.31. The number of fused-ring (bicyclic) bond motifs is 1. The van der Waals surface area contributed by atoms with Gasteiger partial charge in [-0.2, -0.15) is 0 Å². The fourth-order valence-corrected chi connectivity index (χ4v) is 6.56. The SMILES string of the molecule is CC(=O)O[C@@H](C)C(=O)O[C@H](C(=O)OC1=CC[C@@]2(O)[C@@H](C)N(C)CCC23c2c(C)ccc(O)c2OC13)c1ccccc1. The van der Waals surface area contributed by atoms with Gasteiger partial charge >= 0.3 is 17.9 Å². The Hall–Kier alpha value is -3.89. The van der Waals surface area contributed by atoms with E-state index in [1.54, 1.807) is 48.5 Å². The van der Waals surface area contributed by atoms with Crippen LogP contribution in [0.2, 0.25) is 0 Å². The van der Waals surface area contributed by atoms with Crippen LogP contribution in [0.15, 0.2) is 54.3 Å². The number of ether oxygens (including phenoxy) is 4. The van der Waals surface area contributed by atoms with E-state index < -0.39 is 47.2 Å². The zero-order valence-electron chi connectivity index (χ0n) is 23.7. The van der Waals surface area contributed by atoms with Crippen molar-refractivity contribution in [2.24, 2.45) is 0 Å². The molecule has 1 spiro atoms. The molecule has 2 aromatic carbocycles. The number of phenols is 1. The van der Waals surface area contributed by atoms with Gasteiger partial charge < -0.3 is 34.1 Å². The standard InChI is InChI=1S/C31H35NO9/c1-17-11-12-22(34)26-24(17)30-15-16-32(5)19(3)31(30,37)14-13-23(27(30)40-26)39-29(36)25(21-9-7-6-8-10-21)41-28(35)18(2)38-20(4)33/h6-13,18-19,25,27,34,37H,14-16H2,1-5H3/t18-,19+,25-,27?,30?,31+/m0/s1. The van der Waals surface area contributed by atoms with E-state index in [1.807, 2.05) is 20.9 Å². The first-order valence-corrected chi connectivity index (χ1v) is 13.7. The Morgan fingerprint density at radius 2 is 1.80 bits per heavy atom. The summed E-state index contributed by atoms with van der Waals surface area (Å²) in [6.07, 6.45) is -1.34. The predicted molar refractivity (Wildman–Crippen MR) is 146 cm³/mol. The number of phenolic OH excluding ortho intramolecular Hbond substituents is 1. The molecule has 218 valence electrons. The molecule has 2 aliphatic heterocycles. The van der Waals surface area contributed by atoms with Crippen molar-refractivity contribution in [2.45, 2.75) is 75.9 Å². The number of aliphatic hydroxyl groups is 1. The van der Waals surface area contributed by atoms with E-state index >= 15 is 0 Å². The molecule has 0 bridgehead atoms. The Balaban J connectivity index is 1.52. The highest BCUT2D eigenvalue weighted by Crippen LogP contribution is 2.62. The molecule has 0 aromatic heterocycles. The summed E-state index contributed by atoms with van der Waals surface area (Å²) in [5, 5.41) is 23.1. The smallest absolute Gasteiger partial charge is 0.357 e. The van der Waals surface area contributed by atoms with Crippen molar-refractivity contribution in [3.8, 4) is 11.5 Å². The van der Waals surface area contributed by atoms with Crippen molar-refractivity contribution in [3.05, 3.63) is 71.0 Å². The second kappa shape index (κ2) is 10.5. The van der Waals surface area contributed by atoms with Crippen LogP contribution in [0.4, 0.5) is 0 Å². The number of aromatic hydroxyl groups is 1. The summed E-state index contributed by atoms with van der Waals surface area (Å²) in [7, 11) is 1.95. The molecule has 41 heavy (non-hydrogen) atoms. The summed E-state index contributed by atoms with van der Waals surface area (Å²) in [6.45, 7) is 7.01. The van der Waals surface area contributed by atoms with Crippen LogP contribution >= 0.6 is 0 Å². The molecule has 0 amide bonds. The van der Waals surface area contributed by atoms with E-state index in [2.05, 4.69) is 4.90 Å². The third kappa shape index (κ3) is 4.55. The lowest BCUT2D eigenvalue weighted by atomic mass is 9.54. The van der Waals surface area contributed by atoms with E-state index in [-0.39, 0.29) is 29.7 Å². The lowest BCUT2D eigenvalue weighted by molar-refractivity contribution is -0.179. The summed E-state index contributed by atoms with van der Waals surface area (Å²) < 4.78 is 22.7. The summed E-state index contributed by atoms with van der Waals surface area (Å²) in [6, 6.07) is 11.4. The van der Waals surface area contributed by atoms with E-state index in [0.29, 0.717) is 24.1 Å². The molecule has 2 N–H and O–H groups in total. The number of esters is 3. The number of hydrogen-bond donors (Lipinski definition) is 2. The van der Waals surface area contributed by atoms with Gasteiger partial charge in [0.25, 0.3) is 0 Å². The van der Waals surface area contributed by atoms with Gasteiger partial charge in [0.2, 0.25) is 6.10 Å². The van der Waals surface area contributed by atoms with E-state index in [4.69, 9.17) is 18.9 Å². The van der Waals surface area contributed by atoms with Gasteiger partial charge in [-0.1, -0.05) is 36.4 Å². The van der Waals surface area contributed by atoms with Crippen LogP contribution in [-0.2, 0) is 34.0 Å². The Bertz CT molecular complexity index is 1410. The topological polar surface area (TPSA) is 132 Å². The van der Waals surface area contributed by atoms with Crippen molar-refractivity contribution in [2.75, 3.05) is 13.6 Å². The van der Waals surface area contributed by atoms with Crippen molar-refractivity contribution in [1.29, 1.82) is 0 Å². The molecule has 2 heterocycles. The molecule has 10 nitrogen and oxygen atoms in total. The first kappa shape index (κ1) is 28.6. The molecular formula is C31H35NO9. The maximum absolute atomic E-state index is 13.7. The maximum atomic E-state index is 13.7. The molecule has 6 atom stereocenters. The van der Waals surface area contributed by atoms with E-state index in [0.717, 1.165) is 5.56 Å². The van der Waals surface area contributed by atoms with Crippen LogP contribution < -0.4 is 4.74 Å². The lowest BCUT2D eigenvalue weighted by Gasteiger charge is -2.58. The fraction of sp³-hybridized carbons (Fsp3) is 0.452. The molecule has 1 aliphatic carbocycles. The second-order valence-corrected chi connectivity index (χ2v) is 11.1. The van der Waals surface area contributed by atoms with Gasteiger partial charge in [0.05, 0.1) is 11.0 Å². The number of likely N-dealkylation sites (tertiary alicyclic amines) is 1. The fourth-order valence-electron chi connectivity index (χ4n) is 6.56. The highest BCUT2D eigenvalue weighted by molar-refractivity contribution is 5.84. The van der Waals surface area contributed by atoms with Crippen LogP contribution in [-0.4, -0.2) is 70.5 Å². The Morgan fingerprint density at radius 1 is 1.10 bits per heavy atom. The van der Waals surface area contributed by atoms with Crippen LogP contribution in [0.1, 0.15) is 56.4 Å². The second-order valence-electron chi connectivity index (χ2n) is 11.1. The van der Waals surface area contributed by atoms with Crippen LogP contribution in [0.5, 0.6) is 11.5 Å². The number of benzene rings is 2. The Morgan fingerprint density at radius 3 is 2.49 bits per heavy atom. The number of hydrogen-bond acceptors (Lipinski definition) is 10. The van der Waals surface area contributed by atoms with Gasteiger partial charge in [0.15, 0.2) is 23.7 Å². The van der Waals surface area contributed by atoms with Gasteiger partial charge in [0.1, 0.15) is 5.76 Å². The zero-order valence-corrected chi connectivity index (χ0v) is 23.7. The van der Waals surface area contributed by atoms with Crippen LogP contribution in [0.25, 0.3) is 0 Å². The highest BCUT2D eigenvalue weighted by Gasteiger charge is 2.69. The number of rotatable bonds is 6. The summed E-state index contributed by atoms with van der Waals surface area (Å²) in [5.41, 5.74) is -0.397. The van der Waals surface area contributed by atoms with Crippen molar-refractivity contribution in [3.63, 3.8) is 0 Å². The average molecular weight is 566 g/mol. The largest absolute Gasteiger partial charge is 0.504 e. The predicted octanol–water partition coefficient (Wildman–Crippen LogP) is 3.22. The molecule has 10 heteroatoms. The minimum absolute atomic E-state index is 0.0652. The van der Waals surface area contributed by atoms with Crippen molar-refractivity contribution >= 4 is 17.9 Å². The van der Waals surface area contributed by atoms with E-state index in [1.165, 1.54) is 13.8 Å². The molecule has 1 fully saturated rings. The van der Waals surface area contributed by atoms with Gasteiger partial charge in [-0.05, 0) is 58.5 Å². The monoisotopic (exact) mass is 565 g/mol. The zero-order chi connectivity index (χ0) is 29.7. The van der Waals surface area contributed by atoms with Crippen molar-refractivity contribution < 1.29 is 43.5 Å². The number of nitrogens with zero attached hydrogens (tertiary/aromatic N) is 1. The summed E-state index contributed by atoms with van der Waals surface area (Å²) in [4.78, 5) is 39.9. The van der Waals surface area contributed by atoms with Crippen LogP contribution in [0, 0.1) is 6.92 Å². The quantitative estimate of drug-likeness (QED) is 0.398. The molecule has 0 saturated carbocycles. The Labute approximate surface area is 238 Å². The normalized spacial score (nSPS) is 28.1. The molecule has 2 aromatic rings. The molecule has 0 radical (unpaired) electrons. The third-order valence-electron chi connectivity index (χ3n) is 8.77. The van der Waals surface area contributed by atoms with Crippen molar-refractivity contribution in [1.82, 2.24) is 4.90 Å². The highest BCUT2D eigenvalue weighted by atomic mass is 16.6. The number of piperidine rings is 1. The minimum Gasteiger partial charge on any atom is -0.504 e. The number of aryl methyl sites for hydroxylation is 1. The lowest BCUT2D eigenvalue weighted by Crippen LogP contribution is -2.71. The molecule has 3 aliphatic rings. The van der Waals surface area contributed by atoms with E-state index in [9.17, 15) is 24.6 Å². The summed E-state index contributed by atoms with van der Waals surface area (Å²) >= 11 is 0. The first-order valence-electron chi connectivity index (χ1n) is 13.7. The molecular weight excluding hydrogens is 530 g/mol. The van der Waals surface area contributed by atoms with Gasteiger partial charge in [-0.25, -0.2) is 9.59 Å². The number of carbonyl (C=O) groups excluding carboxylic acids is 3. The summed E-state index contributed by atoms with van der Waals surface area (Å²) in [5.74, 6) is -2.10. The number of likely N-dealkylation sites (N-methyl/N-ethyl adjacent to an activating group) is 1. The minimum atomic E-state index is -1.46. The Kier molecular flexibility index (Phi) is 7.33. The first-order chi connectivity index (χ1) is 19.4. The van der Waals surface area contributed by atoms with Crippen LogP contribution in [0.3, 0.4) is 0 Å². The molecule has 5 rings (SSSR count). The number of carbonyl (C=O) groups is 3. The van der Waals surface area contributed by atoms with Gasteiger partial charge in [-0.15, -0.1) is 0 Å². The molecule has 2 unspecified atom stereocenters. The van der Waals surface area contributed by atoms with Gasteiger partial charge in [0, 0.05) is 30.5 Å². The van der Waals surface area contributed by atoms with Gasteiger partial charge in [-0.3, -0.25) is 4.79 Å². The maximum Gasteiger partial charge on any atom is 0.357 e.